The first-order valence-corrected chi connectivity index (χ1v) is 6.50. The van der Waals surface area contributed by atoms with E-state index in [4.69, 9.17) is 4.74 Å². The second-order valence-corrected chi connectivity index (χ2v) is 5.08. The molecule has 3 rings (SSSR count). The monoisotopic (exact) mass is 245 g/mol. The molecule has 2 aromatic rings. The molecule has 1 aromatic carbocycles. The highest BCUT2D eigenvalue weighted by Crippen LogP contribution is 2.31. The number of ether oxygens (including phenoxy) is 1. The number of para-hydroxylation sites is 2. The molecule has 0 atom stereocenters. The Labute approximate surface area is 107 Å². The summed E-state index contributed by atoms with van der Waals surface area (Å²) in [6.45, 7) is 1.09. The van der Waals surface area contributed by atoms with Crippen molar-refractivity contribution in [1.29, 1.82) is 0 Å². The summed E-state index contributed by atoms with van der Waals surface area (Å²) in [5, 5.41) is 3.21. The number of benzene rings is 1. The Morgan fingerprint density at radius 2 is 2.17 bits per heavy atom. The van der Waals surface area contributed by atoms with Crippen molar-refractivity contribution >= 4 is 11.0 Å². The molecular weight excluding hydrogens is 226 g/mol. The molecule has 1 aliphatic carbocycles. The molecule has 0 radical (unpaired) electrons. The summed E-state index contributed by atoms with van der Waals surface area (Å²) in [6.07, 6.45) is 2.59. The Kier molecular flexibility index (Phi) is 2.96. The van der Waals surface area contributed by atoms with Crippen molar-refractivity contribution < 1.29 is 4.74 Å². The van der Waals surface area contributed by atoms with Gasteiger partial charge in [0, 0.05) is 7.05 Å². The molecule has 4 nitrogen and oxygen atoms in total. The molecule has 18 heavy (non-hydrogen) atoms. The van der Waals surface area contributed by atoms with E-state index in [1.165, 1.54) is 0 Å². The van der Waals surface area contributed by atoms with E-state index in [0.717, 1.165) is 42.3 Å². The molecule has 1 heterocycles. The molecule has 0 aliphatic heterocycles. The molecule has 1 saturated carbocycles. The van der Waals surface area contributed by atoms with Crippen LogP contribution in [0.1, 0.15) is 12.8 Å². The molecule has 1 N–H and O–H groups in total. The molecule has 0 amide bonds. The average molecular weight is 245 g/mol. The summed E-state index contributed by atoms with van der Waals surface area (Å²) in [6, 6.07) is 8.86. The van der Waals surface area contributed by atoms with E-state index >= 15 is 0 Å². The van der Waals surface area contributed by atoms with Crippen molar-refractivity contribution in [3.63, 3.8) is 0 Å². The van der Waals surface area contributed by atoms with E-state index < -0.39 is 0 Å². The molecule has 1 aliphatic rings. The Hall–Kier alpha value is -1.55. The van der Waals surface area contributed by atoms with E-state index in [-0.39, 0.29) is 0 Å². The zero-order chi connectivity index (χ0) is 12.5. The van der Waals surface area contributed by atoms with Gasteiger partial charge in [0.05, 0.1) is 11.0 Å². The molecule has 1 aromatic heterocycles. The minimum absolute atomic E-state index is 0.332. The Morgan fingerprint density at radius 3 is 2.89 bits per heavy atom. The zero-order valence-electron chi connectivity index (χ0n) is 10.9. The molecular formula is C14H19N3O. The summed E-state index contributed by atoms with van der Waals surface area (Å²) in [5.74, 6) is 0.759. The lowest BCUT2D eigenvalue weighted by molar-refractivity contribution is 0.0552. The van der Waals surface area contributed by atoms with E-state index in [2.05, 4.69) is 16.4 Å². The molecule has 0 bridgehead atoms. The maximum atomic E-state index is 5.97. The van der Waals surface area contributed by atoms with Crippen LogP contribution in [0.4, 0.5) is 0 Å². The lowest BCUT2D eigenvalue weighted by atomic mass is 9.82. The quantitative estimate of drug-likeness (QED) is 0.895. The minimum atomic E-state index is 0.332. The fourth-order valence-corrected chi connectivity index (χ4v) is 2.60. The van der Waals surface area contributed by atoms with Crippen LogP contribution in [0.5, 0.6) is 6.01 Å². The van der Waals surface area contributed by atoms with Crippen molar-refractivity contribution in [1.82, 2.24) is 14.9 Å². The summed E-state index contributed by atoms with van der Waals surface area (Å²) in [4.78, 5) is 4.53. The fraction of sp³-hybridized carbons (Fsp3) is 0.500. The predicted molar refractivity (Wildman–Crippen MR) is 71.8 cm³/mol. The number of aryl methyl sites for hydroxylation is 1. The predicted octanol–water partition coefficient (Wildman–Crippen LogP) is 1.95. The number of hydrogen-bond acceptors (Lipinski definition) is 3. The fourth-order valence-electron chi connectivity index (χ4n) is 2.60. The number of imidazole rings is 1. The first kappa shape index (κ1) is 11.5. The van der Waals surface area contributed by atoms with Crippen molar-refractivity contribution in [3.05, 3.63) is 24.3 Å². The zero-order valence-corrected chi connectivity index (χ0v) is 10.9. The van der Waals surface area contributed by atoms with E-state index in [1.54, 1.807) is 0 Å². The topological polar surface area (TPSA) is 39.1 Å². The van der Waals surface area contributed by atoms with Gasteiger partial charge in [0.2, 0.25) is 0 Å². The van der Waals surface area contributed by atoms with Gasteiger partial charge in [-0.3, -0.25) is 4.57 Å². The Morgan fingerprint density at radius 1 is 1.39 bits per heavy atom. The van der Waals surface area contributed by atoms with Gasteiger partial charge in [-0.25, -0.2) is 0 Å². The molecule has 0 spiro atoms. The van der Waals surface area contributed by atoms with Crippen LogP contribution in [0.25, 0.3) is 11.0 Å². The Balaban J connectivity index is 1.70. The second kappa shape index (κ2) is 4.61. The van der Waals surface area contributed by atoms with Gasteiger partial charge < -0.3 is 10.1 Å². The lowest BCUT2D eigenvalue weighted by Crippen LogP contribution is -2.39. The van der Waals surface area contributed by atoms with Crippen LogP contribution in [0.3, 0.4) is 0 Å². The summed E-state index contributed by atoms with van der Waals surface area (Å²) >= 11 is 0. The maximum Gasteiger partial charge on any atom is 0.297 e. The number of hydrogen-bond donors (Lipinski definition) is 1. The summed E-state index contributed by atoms with van der Waals surface area (Å²) in [7, 11) is 4.01. The second-order valence-electron chi connectivity index (χ2n) is 5.08. The van der Waals surface area contributed by atoms with Crippen LogP contribution in [0, 0.1) is 5.92 Å². The maximum absolute atomic E-state index is 5.97. The highest BCUT2D eigenvalue weighted by atomic mass is 16.5. The van der Waals surface area contributed by atoms with Crippen LogP contribution in [0.2, 0.25) is 0 Å². The largest absolute Gasteiger partial charge is 0.461 e. The van der Waals surface area contributed by atoms with Crippen LogP contribution in [-0.2, 0) is 7.05 Å². The summed E-state index contributed by atoms with van der Waals surface area (Å²) in [5.41, 5.74) is 2.12. The van der Waals surface area contributed by atoms with Gasteiger partial charge in [-0.05, 0) is 44.5 Å². The van der Waals surface area contributed by atoms with Gasteiger partial charge >= 0.3 is 0 Å². The highest BCUT2D eigenvalue weighted by Gasteiger charge is 2.31. The van der Waals surface area contributed by atoms with E-state index in [1.807, 2.05) is 36.9 Å². The molecule has 96 valence electrons. The van der Waals surface area contributed by atoms with E-state index in [9.17, 15) is 0 Å². The first-order valence-electron chi connectivity index (χ1n) is 6.50. The van der Waals surface area contributed by atoms with Crippen LogP contribution >= 0.6 is 0 Å². The smallest absolute Gasteiger partial charge is 0.297 e. The van der Waals surface area contributed by atoms with Crippen molar-refractivity contribution in [2.24, 2.45) is 13.0 Å². The third-order valence-electron chi connectivity index (χ3n) is 3.70. The number of fused-ring (bicyclic) bond motifs is 1. The third kappa shape index (κ3) is 1.97. The normalized spacial score (nSPS) is 23.0. The number of nitrogens with zero attached hydrogens (tertiary/aromatic N) is 2. The molecule has 4 heteroatoms. The van der Waals surface area contributed by atoms with Gasteiger partial charge in [-0.1, -0.05) is 12.1 Å². The molecule has 0 saturated heterocycles. The van der Waals surface area contributed by atoms with Gasteiger partial charge in [-0.15, -0.1) is 0 Å². The number of aromatic nitrogens is 2. The standard InChI is InChI=1S/C14H19N3O/c1-15-9-10-7-11(8-10)18-14-16-12-5-3-4-6-13(12)17(14)2/h3-6,10-11,15H,7-9H2,1-2H3. The van der Waals surface area contributed by atoms with Crippen molar-refractivity contribution in [3.8, 4) is 6.01 Å². The SMILES string of the molecule is CNCC1CC(Oc2nc3ccccc3n2C)C1. The Bertz CT molecular complexity index is 543. The van der Waals surface area contributed by atoms with Crippen LogP contribution < -0.4 is 10.1 Å². The summed E-state index contributed by atoms with van der Waals surface area (Å²) < 4.78 is 8.00. The van der Waals surface area contributed by atoms with Gasteiger partial charge in [0.25, 0.3) is 6.01 Å². The first-order chi connectivity index (χ1) is 8.78. The molecule has 1 fully saturated rings. The molecule has 0 unspecified atom stereocenters. The van der Waals surface area contributed by atoms with Gasteiger partial charge in [0.1, 0.15) is 6.10 Å². The number of rotatable bonds is 4. The van der Waals surface area contributed by atoms with E-state index in [0.29, 0.717) is 6.10 Å². The van der Waals surface area contributed by atoms with Crippen LogP contribution in [0.15, 0.2) is 24.3 Å². The third-order valence-corrected chi connectivity index (χ3v) is 3.70. The number of nitrogens with one attached hydrogen (secondary N) is 1. The minimum Gasteiger partial charge on any atom is -0.461 e. The van der Waals surface area contributed by atoms with Crippen molar-refractivity contribution in [2.45, 2.75) is 18.9 Å². The van der Waals surface area contributed by atoms with Gasteiger partial charge in [-0.2, -0.15) is 4.98 Å². The van der Waals surface area contributed by atoms with Crippen molar-refractivity contribution in [2.75, 3.05) is 13.6 Å². The lowest BCUT2D eigenvalue weighted by Gasteiger charge is -2.34. The highest BCUT2D eigenvalue weighted by molar-refractivity contribution is 5.76. The average Bonchev–Trinajstić information content (AvgIpc) is 2.65. The van der Waals surface area contributed by atoms with Gasteiger partial charge in [0.15, 0.2) is 0 Å². The van der Waals surface area contributed by atoms with Crippen LogP contribution in [-0.4, -0.2) is 29.2 Å².